The number of aromatic nitrogens is 1. The number of aryl methyl sites for hydroxylation is 1. The summed E-state index contributed by atoms with van der Waals surface area (Å²) in [5.41, 5.74) is 10.5. The first-order chi connectivity index (χ1) is 10.2. The molecule has 0 amide bonds. The third kappa shape index (κ3) is 2.31. The molecule has 0 aliphatic rings. The SMILES string of the molecule is CCN(c1ccccc1C)c1ccc(N)c2cnccc12. The van der Waals surface area contributed by atoms with Gasteiger partial charge >= 0.3 is 0 Å². The molecule has 1 aromatic heterocycles. The van der Waals surface area contributed by atoms with Crippen molar-refractivity contribution in [1.82, 2.24) is 4.98 Å². The van der Waals surface area contributed by atoms with E-state index in [9.17, 15) is 0 Å². The molecule has 0 atom stereocenters. The Balaban J connectivity index is 2.23. The zero-order chi connectivity index (χ0) is 14.8. The highest BCUT2D eigenvalue weighted by Gasteiger charge is 2.13. The highest BCUT2D eigenvalue weighted by molar-refractivity contribution is 6.02. The number of fused-ring (bicyclic) bond motifs is 1. The van der Waals surface area contributed by atoms with E-state index in [1.807, 2.05) is 24.5 Å². The van der Waals surface area contributed by atoms with Crippen LogP contribution >= 0.6 is 0 Å². The Labute approximate surface area is 125 Å². The number of hydrogen-bond donors (Lipinski definition) is 1. The number of nitrogen functional groups attached to an aromatic ring is 1. The second-order valence-corrected chi connectivity index (χ2v) is 5.13. The molecule has 3 nitrogen and oxygen atoms in total. The molecule has 0 saturated heterocycles. The molecule has 0 radical (unpaired) electrons. The van der Waals surface area contributed by atoms with Crippen LogP contribution in [0.2, 0.25) is 0 Å². The molecule has 0 aliphatic carbocycles. The second-order valence-electron chi connectivity index (χ2n) is 5.13. The molecule has 3 rings (SSSR count). The average Bonchev–Trinajstić information content (AvgIpc) is 2.52. The van der Waals surface area contributed by atoms with Crippen LogP contribution in [0, 0.1) is 6.92 Å². The predicted octanol–water partition coefficient (Wildman–Crippen LogP) is 4.28. The first-order valence-corrected chi connectivity index (χ1v) is 7.17. The topological polar surface area (TPSA) is 42.1 Å². The van der Waals surface area contributed by atoms with Crippen LogP contribution in [-0.2, 0) is 0 Å². The van der Waals surface area contributed by atoms with Gasteiger partial charge in [-0.05, 0) is 43.7 Å². The molecule has 2 aromatic carbocycles. The van der Waals surface area contributed by atoms with Gasteiger partial charge in [0.15, 0.2) is 0 Å². The maximum Gasteiger partial charge on any atom is 0.0493 e. The van der Waals surface area contributed by atoms with Crippen molar-refractivity contribution >= 4 is 27.8 Å². The lowest BCUT2D eigenvalue weighted by Crippen LogP contribution is -2.17. The lowest BCUT2D eigenvalue weighted by molar-refractivity contribution is 1.02. The summed E-state index contributed by atoms with van der Waals surface area (Å²) in [5.74, 6) is 0. The van der Waals surface area contributed by atoms with Crippen molar-refractivity contribution in [3.8, 4) is 0 Å². The highest BCUT2D eigenvalue weighted by Crippen LogP contribution is 2.35. The van der Waals surface area contributed by atoms with Crippen molar-refractivity contribution in [2.24, 2.45) is 0 Å². The largest absolute Gasteiger partial charge is 0.398 e. The molecule has 0 spiro atoms. The van der Waals surface area contributed by atoms with Gasteiger partial charge in [-0.15, -0.1) is 0 Å². The van der Waals surface area contributed by atoms with Gasteiger partial charge in [-0.25, -0.2) is 0 Å². The summed E-state index contributed by atoms with van der Waals surface area (Å²) >= 11 is 0. The Morgan fingerprint density at radius 1 is 1.00 bits per heavy atom. The fraction of sp³-hybridized carbons (Fsp3) is 0.167. The van der Waals surface area contributed by atoms with Crippen LogP contribution in [0.15, 0.2) is 54.9 Å². The molecule has 1 heterocycles. The molecular formula is C18H19N3. The van der Waals surface area contributed by atoms with Crippen LogP contribution in [0.3, 0.4) is 0 Å². The number of benzene rings is 2. The van der Waals surface area contributed by atoms with E-state index in [1.165, 1.54) is 16.9 Å². The van der Waals surface area contributed by atoms with Gasteiger partial charge in [0, 0.05) is 46.8 Å². The minimum Gasteiger partial charge on any atom is -0.398 e. The highest BCUT2D eigenvalue weighted by atomic mass is 15.1. The van der Waals surface area contributed by atoms with Gasteiger partial charge in [-0.3, -0.25) is 4.98 Å². The fourth-order valence-corrected chi connectivity index (χ4v) is 2.77. The lowest BCUT2D eigenvalue weighted by Gasteiger charge is -2.26. The first-order valence-electron chi connectivity index (χ1n) is 7.17. The minimum absolute atomic E-state index is 0.766. The molecular weight excluding hydrogens is 258 g/mol. The van der Waals surface area contributed by atoms with E-state index in [-0.39, 0.29) is 0 Å². The number of nitrogens with zero attached hydrogens (tertiary/aromatic N) is 2. The van der Waals surface area contributed by atoms with Crippen LogP contribution in [0.4, 0.5) is 17.1 Å². The van der Waals surface area contributed by atoms with Crippen molar-refractivity contribution in [3.05, 3.63) is 60.4 Å². The summed E-state index contributed by atoms with van der Waals surface area (Å²) in [6.45, 7) is 5.20. The minimum atomic E-state index is 0.766. The van der Waals surface area contributed by atoms with E-state index < -0.39 is 0 Å². The fourth-order valence-electron chi connectivity index (χ4n) is 2.77. The zero-order valence-electron chi connectivity index (χ0n) is 12.4. The Bertz CT molecular complexity index is 780. The third-order valence-electron chi connectivity index (χ3n) is 3.84. The number of pyridine rings is 1. The summed E-state index contributed by atoms with van der Waals surface area (Å²) in [6.07, 6.45) is 3.65. The summed E-state index contributed by atoms with van der Waals surface area (Å²) < 4.78 is 0. The van der Waals surface area contributed by atoms with Gasteiger partial charge in [0.25, 0.3) is 0 Å². The van der Waals surface area contributed by atoms with E-state index in [2.05, 4.69) is 54.1 Å². The molecule has 2 N–H and O–H groups in total. The second kappa shape index (κ2) is 5.44. The standard InChI is InChI=1S/C18H19N3/c1-3-21(17-7-5-4-6-13(17)2)18-9-8-16(19)15-12-20-11-10-14(15)18/h4-12H,3,19H2,1-2H3. The Kier molecular flexibility index (Phi) is 3.48. The predicted molar refractivity (Wildman–Crippen MR) is 90.0 cm³/mol. The maximum atomic E-state index is 6.08. The molecule has 0 aliphatic heterocycles. The number of rotatable bonds is 3. The van der Waals surface area contributed by atoms with Crippen molar-refractivity contribution < 1.29 is 0 Å². The van der Waals surface area contributed by atoms with Crippen molar-refractivity contribution in [3.63, 3.8) is 0 Å². The Morgan fingerprint density at radius 2 is 1.81 bits per heavy atom. The molecule has 106 valence electrons. The van der Waals surface area contributed by atoms with Gasteiger partial charge in [0.05, 0.1) is 0 Å². The maximum absolute atomic E-state index is 6.08. The normalized spacial score (nSPS) is 10.8. The van der Waals surface area contributed by atoms with Gasteiger partial charge in [0.1, 0.15) is 0 Å². The number of anilines is 3. The molecule has 21 heavy (non-hydrogen) atoms. The van der Waals surface area contributed by atoms with E-state index in [0.29, 0.717) is 0 Å². The molecule has 3 aromatic rings. The average molecular weight is 277 g/mol. The number of para-hydroxylation sites is 1. The van der Waals surface area contributed by atoms with E-state index in [0.717, 1.165) is 23.0 Å². The van der Waals surface area contributed by atoms with Crippen LogP contribution in [-0.4, -0.2) is 11.5 Å². The van der Waals surface area contributed by atoms with Crippen LogP contribution in [0.5, 0.6) is 0 Å². The molecule has 0 unspecified atom stereocenters. The van der Waals surface area contributed by atoms with E-state index in [1.54, 1.807) is 0 Å². The lowest BCUT2D eigenvalue weighted by atomic mass is 10.1. The van der Waals surface area contributed by atoms with E-state index in [4.69, 9.17) is 5.73 Å². The van der Waals surface area contributed by atoms with Gasteiger partial charge in [-0.1, -0.05) is 18.2 Å². The molecule has 3 heteroatoms. The summed E-state index contributed by atoms with van der Waals surface area (Å²) in [5, 5.41) is 2.14. The van der Waals surface area contributed by atoms with Crippen molar-refractivity contribution in [2.75, 3.05) is 17.2 Å². The Hall–Kier alpha value is -2.55. The quantitative estimate of drug-likeness (QED) is 0.726. The number of hydrogen-bond acceptors (Lipinski definition) is 3. The van der Waals surface area contributed by atoms with Crippen molar-refractivity contribution in [2.45, 2.75) is 13.8 Å². The van der Waals surface area contributed by atoms with Crippen LogP contribution in [0.1, 0.15) is 12.5 Å². The zero-order valence-corrected chi connectivity index (χ0v) is 12.4. The van der Waals surface area contributed by atoms with Crippen LogP contribution in [0.25, 0.3) is 10.8 Å². The first kappa shape index (κ1) is 13.4. The summed E-state index contributed by atoms with van der Waals surface area (Å²) in [4.78, 5) is 6.51. The van der Waals surface area contributed by atoms with Crippen LogP contribution < -0.4 is 10.6 Å². The molecule has 0 saturated carbocycles. The smallest absolute Gasteiger partial charge is 0.0493 e. The van der Waals surface area contributed by atoms with Gasteiger partial charge in [-0.2, -0.15) is 0 Å². The molecule has 0 bridgehead atoms. The summed E-state index contributed by atoms with van der Waals surface area (Å²) in [7, 11) is 0. The Morgan fingerprint density at radius 3 is 2.57 bits per heavy atom. The van der Waals surface area contributed by atoms with E-state index >= 15 is 0 Å². The van der Waals surface area contributed by atoms with Gasteiger partial charge in [0.2, 0.25) is 0 Å². The number of nitrogens with two attached hydrogens (primary N) is 1. The molecule has 0 fully saturated rings. The van der Waals surface area contributed by atoms with Gasteiger partial charge < -0.3 is 10.6 Å². The third-order valence-corrected chi connectivity index (χ3v) is 3.84. The van der Waals surface area contributed by atoms with Crippen molar-refractivity contribution in [1.29, 1.82) is 0 Å². The summed E-state index contributed by atoms with van der Waals surface area (Å²) in [6, 6.07) is 14.5. The monoisotopic (exact) mass is 277 g/mol.